The fraction of sp³-hybridized carbons (Fsp3) is 0.647. The third-order valence-corrected chi connectivity index (χ3v) is 3.28. The number of methoxy groups -OCH3 is 1. The van der Waals surface area contributed by atoms with Crippen LogP contribution in [0.4, 0.5) is 0 Å². The predicted molar refractivity (Wildman–Crippen MR) is 84.3 cm³/mol. The number of ether oxygens (including phenoxy) is 2. The molecule has 0 aromatic heterocycles. The van der Waals surface area contributed by atoms with E-state index in [2.05, 4.69) is 52.1 Å². The fourth-order valence-corrected chi connectivity index (χ4v) is 1.84. The van der Waals surface area contributed by atoms with E-state index < -0.39 is 0 Å². The minimum Gasteiger partial charge on any atom is -0.497 e. The van der Waals surface area contributed by atoms with Crippen molar-refractivity contribution in [2.75, 3.05) is 13.7 Å². The molecule has 0 bridgehead atoms. The van der Waals surface area contributed by atoms with Gasteiger partial charge in [0.1, 0.15) is 5.75 Å². The van der Waals surface area contributed by atoms with Gasteiger partial charge in [0.2, 0.25) is 0 Å². The molecule has 1 N–H and O–H groups in total. The Labute approximate surface area is 123 Å². The van der Waals surface area contributed by atoms with Gasteiger partial charge in [-0.1, -0.05) is 19.1 Å². The van der Waals surface area contributed by atoms with E-state index in [9.17, 15) is 0 Å². The molecule has 1 rings (SSSR count). The van der Waals surface area contributed by atoms with Crippen molar-refractivity contribution < 1.29 is 9.47 Å². The van der Waals surface area contributed by atoms with Crippen molar-refractivity contribution in [3.8, 4) is 5.75 Å². The molecule has 3 nitrogen and oxygen atoms in total. The lowest BCUT2D eigenvalue weighted by Crippen LogP contribution is -2.39. The molecule has 0 aliphatic rings. The van der Waals surface area contributed by atoms with Gasteiger partial charge in [0, 0.05) is 12.1 Å². The van der Waals surface area contributed by atoms with Crippen LogP contribution in [0.15, 0.2) is 24.3 Å². The van der Waals surface area contributed by atoms with Crippen LogP contribution in [-0.4, -0.2) is 25.3 Å². The van der Waals surface area contributed by atoms with E-state index >= 15 is 0 Å². The summed E-state index contributed by atoms with van der Waals surface area (Å²) in [6.07, 6.45) is 1.33. The van der Waals surface area contributed by atoms with Crippen molar-refractivity contribution in [1.82, 2.24) is 5.32 Å². The van der Waals surface area contributed by atoms with Crippen LogP contribution >= 0.6 is 0 Å². The lowest BCUT2D eigenvalue weighted by atomic mass is 10.1. The smallest absolute Gasteiger partial charge is 0.118 e. The molecule has 20 heavy (non-hydrogen) atoms. The number of benzene rings is 1. The van der Waals surface area contributed by atoms with Crippen molar-refractivity contribution in [3.05, 3.63) is 29.8 Å². The van der Waals surface area contributed by atoms with Crippen LogP contribution in [-0.2, 0) is 4.74 Å². The molecular formula is C17H29NO2. The van der Waals surface area contributed by atoms with Crippen molar-refractivity contribution in [1.29, 1.82) is 0 Å². The molecule has 0 fully saturated rings. The van der Waals surface area contributed by atoms with E-state index in [1.54, 1.807) is 7.11 Å². The van der Waals surface area contributed by atoms with E-state index in [0.29, 0.717) is 0 Å². The molecule has 114 valence electrons. The van der Waals surface area contributed by atoms with Crippen LogP contribution in [0.5, 0.6) is 5.75 Å². The quantitative estimate of drug-likeness (QED) is 0.820. The second-order valence-electron chi connectivity index (χ2n) is 6.25. The van der Waals surface area contributed by atoms with Gasteiger partial charge in [0.05, 0.1) is 19.3 Å². The van der Waals surface area contributed by atoms with E-state index in [1.165, 1.54) is 5.56 Å². The standard InChI is InChI=1S/C17H29NO2/c1-7-13(2)20-16(12-18-17(3,4)5)14-8-10-15(19-6)11-9-14/h8-11,13,16,18H,7,12H2,1-6H3. The Morgan fingerprint density at radius 2 is 1.75 bits per heavy atom. The van der Waals surface area contributed by atoms with Gasteiger partial charge in [-0.15, -0.1) is 0 Å². The monoisotopic (exact) mass is 279 g/mol. The topological polar surface area (TPSA) is 30.5 Å². The number of hydrogen-bond acceptors (Lipinski definition) is 3. The summed E-state index contributed by atoms with van der Waals surface area (Å²) in [5.41, 5.74) is 1.27. The van der Waals surface area contributed by atoms with E-state index in [0.717, 1.165) is 18.7 Å². The Morgan fingerprint density at radius 1 is 1.15 bits per heavy atom. The van der Waals surface area contributed by atoms with Gasteiger partial charge >= 0.3 is 0 Å². The van der Waals surface area contributed by atoms with Crippen molar-refractivity contribution in [3.63, 3.8) is 0 Å². The van der Waals surface area contributed by atoms with Gasteiger partial charge < -0.3 is 14.8 Å². The molecule has 1 aromatic carbocycles. The van der Waals surface area contributed by atoms with Crippen molar-refractivity contribution >= 4 is 0 Å². The maximum Gasteiger partial charge on any atom is 0.118 e. The molecule has 2 unspecified atom stereocenters. The second-order valence-corrected chi connectivity index (χ2v) is 6.25. The maximum absolute atomic E-state index is 6.15. The molecule has 0 saturated carbocycles. The van der Waals surface area contributed by atoms with E-state index in [4.69, 9.17) is 9.47 Å². The van der Waals surface area contributed by atoms with Gasteiger partial charge in [-0.25, -0.2) is 0 Å². The van der Waals surface area contributed by atoms with Crippen LogP contribution in [0, 0.1) is 0 Å². The first-order valence-electron chi connectivity index (χ1n) is 7.40. The van der Waals surface area contributed by atoms with Gasteiger partial charge in [-0.2, -0.15) is 0 Å². The molecule has 3 heteroatoms. The number of hydrogen-bond donors (Lipinski definition) is 1. The highest BCUT2D eigenvalue weighted by Crippen LogP contribution is 2.23. The van der Waals surface area contributed by atoms with Crippen LogP contribution in [0.3, 0.4) is 0 Å². The molecule has 1 aromatic rings. The molecule has 0 amide bonds. The zero-order valence-corrected chi connectivity index (χ0v) is 13.7. The summed E-state index contributed by atoms with van der Waals surface area (Å²) < 4.78 is 11.4. The summed E-state index contributed by atoms with van der Waals surface area (Å²) in [4.78, 5) is 0. The van der Waals surface area contributed by atoms with Crippen molar-refractivity contribution in [2.45, 2.75) is 58.8 Å². The Morgan fingerprint density at radius 3 is 2.20 bits per heavy atom. The molecule has 0 aliphatic carbocycles. The lowest BCUT2D eigenvalue weighted by Gasteiger charge is -2.27. The first-order chi connectivity index (χ1) is 9.35. The molecular weight excluding hydrogens is 250 g/mol. The lowest BCUT2D eigenvalue weighted by molar-refractivity contribution is -0.00731. The molecule has 0 heterocycles. The highest BCUT2D eigenvalue weighted by Gasteiger charge is 2.18. The number of nitrogens with one attached hydrogen (secondary N) is 1. The Kier molecular flexibility index (Phi) is 6.50. The minimum absolute atomic E-state index is 0.0649. The highest BCUT2D eigenvalue weighted by molar-refractivity contribution is 5.28. The summed E-state index contributed by atoms with van der Waals surface area (Å²) in [6.45, 7) is 11.6. The summed E-state index contributed by atoms with van der Waals surface area (Å²) in [7, 11) is 1.68. The maximum atomic E-state index is 6.15. The summed E-state index contributed by atoms with van der Waals surface area (Å²) in [5, 5.41) is 3.52. The first kappa shape index (κ1) is 17.0. The fourth-order valence-electron chi connectivity index (χ4n) is 1.84. The molecule has 0 aliphatic heterocycles. The Bertz CT molecular complexity index is 381. The van der Waals surface area contributed by atoms with Gasteiger partial charge in [0.25, 0.3) is 0 Å². The number of rotatable bonds is 7. The van der Waals surface area contributed by atoms with Crippen LogP contribution in [0.25, 0.3) is 0 Å². The van der Waals surface area contributed by atoms with Crippen LogP contribution in [0.2, 0.25) is 0 Å². The normalized spacial score (nSPS) is 14.9. The molecule has 2 atom stereocenters. The van der Waals surface area contributed by atoms with Gasteiger partial charge in [0.15, 0.2) is 0 Å². The molecule has 0 saturated heterocycles. The van der Waals surface area contributed by atoms with Gasteiger partial charge in [-0.05, 0) is 51.8 Å². The Hall–Kier alpha value is -1.06. The third kappa shape index (κ3) is 5.93. The highest BCUT2D eigenvalue weighted by atomic mass is 16.5. The van der Waals surface area contributed by atoms with Crippen molar-refractivity contribution in [2.24, 2.45) is 0 Å². The van der Waals surface area contributed by atoms with E-state index in [-0.39, 0.29) is 17.7 Å². The van der Waals surface area contributed by atoms with Gasteiger partial charge in [-0.3, -0.25) is 0 Å². The zero-order chi connectivity index (χ0) is 15.2. The summed E-state index contributed by atoms with van der Waals surface area (Å²) >= 11 is 0. The van der Waals surface area contributed by atoms with Crippen LogP contribution < -0.4 is 10.1 Å². The SMILES string of the molecule is CCC(C)OC(CNC(C)(C)C)c1ccc(OC)cc1. The Balaban J connectivity index is 2.79. The zero-order valence-electron chi connectivity index (χ0n) is 13.7. The van der Waals surface area contributed by atoms with E-state index in [1.807, 2.05) is 12.1 Å². The minimum atomic E-state index is 0.0649. The average Bonchev–Trinajstić information content (AvgIpc) is 2.42. The predicted octanol–water partition coefficient (Wildman–Crippen LogP) is 3.94. The van der Waals surface area contributed by atoms with Crippen LogP contribution in [0.1, 0.15) is 52.7 Å². The third-order valence-electron chi connectivity index (χ3n) is 3.28. The summed E-state index contributed by atoms with van der Waals surface area (Å²) in [6, 6.07) is 8.13. The molecule has 0 radical (unpaired) electrons. The molecule has 0 spiro atoms. The second kappa shape index (κ2) is 7.65. The average molecular weight is 279 g/mol. The summed E-state index contributed by atoms with van der Waals surface area (Å²) in [5.74, 6) is 0.875. The first-order valence-corrected chi connectivity index (χ1v) is 7.40. The largest absolute Gasteiger partial charge is 0.497 e.